The Balaban J connectivity index is 2.22. The van der Waals surface area contributed by atoms with Crippen LogP contribution in [0.25, 0.3) is 0 Å². The van der Waals surface area contributed by atoms with Gasteiger partial charge in [-0.2, -0.15) is 0 Å². The van der Waals surface area contributed by atoms with Crippen LogP contribution in [-0.2, 0) is 6.54 Å². The molecule has 1 heterocycles. The lowest BCUT2D eigenvalue weighted by atomic mass is 10.2. The van der Waals surface area contributed by atoms with Crippen LogP contribution in [0.2, 0.25) is 0 Å². The van der Waals surface area contributed by atoms with Crippen LogP contribution < -0.4 is 10.9 Å². The number of hydrogen-bond donors (Lipinski definition) is 1. The lowest BCUT2D eigenvalue weighted by Crippen LogP contribution is -2.20. The van der Waals surface area contributed by atoms with Gasteiger partial charge in [0.15, 0.2) is 0 Å². The molecular formula is C15H15FN2O2. The highest BCUT2D eigenvalue weighted by atomic mass is 19.1. The largest absolute Gasteiger partial charge is 0.321 e. The first-order valence-electron chi connectivity index (χ1n) is 6.38. The molecule has 104 valence electrons. The SMILES string of the molecule is CCCn1cc(NC(=O)c2ccccc2F)ccc1=O. The molecule has 0 aliphatic carbocycles. The van der Waals surface area contributed by atoms with Crippen molar-refractivity contribution in [3.63, 3.8) is 0 Å². The summed E-state index contributed by atoms with van der Waals surface area (Å²) in [5, 5.41) is 2.59. The number of rotatable bonds is 4. The fourth-order valence-electron chi connectivity index (χ4n) is 1.86. The number of nitrogens with zero attached hydrogens (tertiary/aromatic N) is 1. The maximum atomic E-state index is 13.5. The van der Waals surface area contributed by atoms with Crippen LogP contribution >= 0.6 is 0 Å². The molecule has 4 nitrogen and oxygen atoms in total. The average molecular weight is 274 g/mol. The first kappa shape index (κ1) is 14.0. The molecule has 0 aliphatic heterocycles. The topological polar surface area (TPSA) is 51.1 Å². The summed E-state index contributed by atoms with van der Waals surface area (Å²) >= 11 is 0. The molecule has 20 heavy (non-hydrogen) atoms. The quantitative estimate of drug-likeness (QED) is 0.931. The molecule has 0 fully saturated rings. The van der Waals surface area contributed by atoms with Crippen LogP contribution in [0.3, 0.4) is 0 Å². The lowest BCUT2D eigenvalue weighted by molar-refractivity contribution is 0.102. The smallest absolute Gasteiger partial charge is 0.258 e. The van der Waals surface area contributed by atoms with Crippen LogP contribution in [0.1, 0.15) is 23.7 Å². The van der Waals surface area contributed by atoms with Gasteiger partial charge in [0.1, 0.15) is 5.82 Å². The molecule has 5 heteroatoms. The maximum Gasteiger partial charge on any atom is 0.258 e. The second-order valence-electron chi connectivity index (χ2n) is 4.38. The van der Waals surface area contributed by atoms with E-state index in [1.165, 1.54) is 34.9 Å². The first-order chi connectivity index (χ1) is 9.61. The molecule has 1 N–H and O–H groups in total. The number of anilines is 1. The van der Waals surface area contributed by atoms with E-state index >= 15 is 0 Å². The van der Waals surface area contributed by atoms with Gasteiger partial charge < -0.3 is 9.88 Å². The number of amides is 1. The highest BCUT2D eigenvalue weighted by Gasteiger charge is 2.11. The third-order valence-corrected chi connectivity index (χ3v) is 2.82. The monoisotopic (exact) mass is 274 g/mol. The second-order valence-corrected chi connectivity index (χ2v) is 4.38. The van der Waals surface area contributed by atoms with Crippen molar-refractivity contribution >= 4 is 11.6 Å². The molecule has 0 saturated carbocycles. The van der Waals surface area contributed by atoms with Crippen molar-refractivity contribution in [1.29, 1.82) is 0 Å². The minimum atomic E-state index is -0.577. The average Bonchev–Trinajstić information content (AvgIpc) is 2.43. The van der Waals surface area contributed by atoms with Gasteiger partial charge in [-0.25, -0.2) is 4.39 Å². The number of benzene rings is 1. The van der Waals surface area contributed by atoms with Gasteiger partial charge in [-0.1, -0.05) is 19.1 Å². The Morgan fingerprint density at radius 1 is 1.25 bits per heavy atom. The molecule has 2 rings (SSSR count). The summed E-state index contributed by atoms with van der Waals surface area (Å²) in [5.74, 6) is -1.11. The van der Waals surface area contributed by atoms with Crippen molar-refractivity contribution in [2.75, 3.05) is 5.32 Å². The van der Waals surface area contributed by atoms with Gasteiger partial charge in [-0.3, -0.25) is 9.59 Å². The van der Waals surface area contributed by atoms with Gasteiger partial charge >= 0.3 is 0 Å². The summed E-state index contributed by atoms with van der Waals surface area (Å²) in [4.78, 5) is 23.5. The van der Waals surface area contributed by atoms with Gasteiger partial charge in [-0.05, 0) is 24.6 Å². The predicted octanol–water partition coefficient (Wildman–Crippen LogP) is 2.65. The molecule has 0 unspecified atom stereocenters. The van der Waals surface area contributed by atoms with Crippen molar-refractivity contribution in [3.05, 3.63) is 64.3 Å². The number of aromatic nitrogens is 1. The summed E-state index contributed by atoms with van der Waals surface area (Å²) in [6.45, 7) is 2.53. The molecule has 1 aromatic carbocycles. The fourth-order valence-corrected chi connectivity index (χ4v) is 1.86. The Morgan fingerprint density at radius 2 is 2.00 bits per heavy atom. The number of pyridine rings is 1. The lowest BCUT2D eigenvalue weighted by Gasteiger charge is -2.09. The zero-order chi connectivity index (χ0) is 14.5. The van der Waals surface area contributed by atoms with Crippen molar-refractivity contribution in [1.82, 2.24) is 4.57 Å². The zero-order valence-corrected chi connectivity index (χ0v) is 11.1. The van der Waals surface area contributed by atoms with E-state index in [-0.39, 0.29) is 11.1 Å². The molecule has 0 bridgehead atoms. The number of halogens is 1. The Hall–Kier alpha value is -2.43. The summed E-state index contributed by atoms with van der Waals surface area (Å²) in [5.41, 5.74) is 0.308. The third kappa shape index (κ3) is 3.12. The number of nitrogens with one attached hydrogen (secondary N) is 1. The molecule has 0 radical (unpaired) electrons. The van der Waals surface area contributed by atoms with Crippen molar-refractivity contribution < 1.29 is 9.18 Å². The van der Waals surface area contributed by atoms with E-state index in [9.17, 15) is 14.0 Å². The van der Waals surface area contributed by atoms with E-state index in [4.69, 9.17) is 0 Å². The zero-order valence-electron chi connectivity index (χ0n) is 11.1. The number of hydrogen-bond acceptors (Lipinski definition) is 2. The van der Waals surface area contributed by atoms with Gasteiger partial charge in [0.25, 0.3) is 11.5 Å². The Bertz CT molecular complexity index is 680. The molecule has 0 aliphatic rings. The van der Waals surface area contributed by atoms with E-state index < -0.39 is 11.7 Å². The third-order valence-electron chi connectivity index (χ3n) is 2.82. The minimum Gasteiger partial charge on any atom is -0.321 e. The molecule has 2 aromatic rings. The fraction of sp³-hybridized carbons (Fsp3) is 0.200. The van der Waals surface area contributed by atoms with Gasteiger partial charge in [0, 0.05) is 18.8 Å². The molecule has 0 spiro atoms. The summed E-state index contributed by atoms with van der Waals surface area (Å²) < 4.78 is 15.0. The highest BCUT2D eigenvalue weighted by molar-refractivity contribution is 6.04. The Morgan fingerprint density at radius 3 is 2.70 bits per heavy atom. The molecule has 0 atom stereocenters. The van der Waals surface area contributed by atoms with Crippen LogP contribution in [-0.4, -0.2) is 10.5 Å². The highest BCUT2D eigenvalue weighted by Crippen LogP contribution is 2.10. The van der Waals surface area contributed by atoms with Crippen LogP contribution in [0.15, 0.2) is 47.4 Å². The maximum absolute atomic E-state index is 13.5. The molecule has 0 saturated heterocycles. The molecular weight excluding hydrogens is 259 g/mol. The van der Waals surface area contributed by atoms with Gasteiger partial charge in [0.05, 0.1) is 11.3 Å². The van der Waals surface area contributed by atoms with E-state index in [1.807, 2.05) is 6.92 Å². The summed E-state index contributed by atoms with van der Waals surface area (Å²) in [6.07, 6.45) is 2.37. The summed E-state index contributed by atoms with van der Waals surface area (Å²) in [7, 11) is 0. The van der Waals surface area contributed by atoms with E-state index in [0.717, 1.165) is 6.42 Å². The van der Waals surface area contributed by atoms with Gasteiger partial charge in [-0.15, -0.1) is 0 Å². The van der Waals surface area contributed by atoms with E-state index in [0.29, 0.717) is 12.2 Å². The number of aryl methyl sites for hydroxylation is 1. The summed E-state index contributed by atoms with van der Waals surface area (Å²) in [6, 6.07) is 8.64. The van der Waals surface area contributed by atoms with Crippen LogP contribution in [0.4, 0.5) is 10.1 Å². The Labute approximate surface area is 115 Å². The van der Waals surface area contributed by atoms with Crippen LogP contribution in [0.5, 0.6) is 0 Å². The Kier molecular flexibility index (Phi) is 4.30. The first-order valence-corrected chi connectivity index (χ1v) is 6.38. The van der Waals surface area contributed by atoms with Crippen molar-refractivity contribution in [3.8, 4) is 0 Å². The van der Waals surface area contributed by atoms with E-state index in [1.54, 1.807) is 12.3 Å². The molecule has 1 aromatic heterocycles. The van der Waals surface area contributed by atoms with E-state index in [2.05, 4.69) is 5.32 Å². The second kappa shape index (κ2) is 6.14. The van der Waals surface area contributed by atoms with Crippen molar-refractivity contribution in [2.45, 2.75) is 19.9 Å². The van der Waals surface area contributed by atoms with Crippen LogP contribution in [0, 0.1) is 5.82 Å². The minimum absolute atomic E-state index is 0.0271. The predicted molar refractivity (Wildman–Crippen MR) is 75.3 cm³/mol. The normalized spacial score (nSPS) is 10.3. The van der Waals surface area contributed by atoms with Gasteiger partial charge in [0.2, 0.25) is 0 Å². The number of carbonyl (C=O) groups is 1. The number of carbonyl (C=O) groups excluding carboxylic acids is 1. The van der Waals surface area contributed by atoms with Crippen molar-refractivity contribution in [2.24, 2.45) is 0 Å². The molecule has 1 amide bonds. The standard InChI is InChI=1S/C15H15FN2O2/c1-2-9-18-10-11(7-8-14(18)19)17-15(20)12-5-3-4-6-13(12)16/h3-8,10H,2,9H2,1H3,(H,17,20).